The summed E-state index contributed by atoms with van der Waals surface area (Å²) in [7, 11) is 0. The highest BCUT2D eigenvalue weighted by molar-refractivity contribution is 7.99. The Morgan fingerprint density at radius 1 is 1.04 bits per heavy atom. The first kappa shape index (κ1) is 17.2. The highest BCUT2D eigenvalue weighted by Gasteiger charge is 2.17. The number of thioether (sulfide) groups is 2. The number of hydrogen-bond donors (Lipinski definition) is 2. The molecular weight excluding hydrogens is 355 g/mol. The van der Waals surface area contributed by atoms with Gasteiger partial charge in [-0.2, -0.15) is 0 Å². The third kappa shape index (κ3) is 4.31. The summed E-state index contributed by atoms with van der Waals surface area (Å²) in [5.74, 6) is 2.72. The van der Waals surface area contributed by atoms with E-state index in [1.807, 2.05) is 17.8 Å². The summed E-state index contributed by atoms with van der Waals surface area (Å²) in [6, 6.07) is 11.6. The van der Waals surface area contributed by atoms with Gasteiger partial charge in [0.2, 0.25) is 0 Å². The number of nitrogens with one attached hydrogen (secondary N) is 2. The first-order chi connectivity index (χ1) is 12.3. The van der Waals surface area contributed by atoms with Gasteiger partial charge in [0.1, 0.15) is 18.2 Å². The fraction of sp³-hybridized carbons (Fsp3) is 0.368. The molecule has 6 heteroatoms. The molecule has 3 nitrogen and oxygen atoms in total. The number of halogens is 1. The second-order valence-electron chi connectivity index (χ2n) is 6.25. The van der Waals surface area contributed by atoms with Crippen molar-refractivity contribution in [3.63, 3.8) is 0 Å². The zero-order valence-corrected chi connectivity index (χ0v) is 15.5. The summed E-state index contributed by atoms with van der Waals surface area (Å²) in [5, 5.41) is 6.94. The average Bonchev–Trinajstić information content (AvgIpc) is 2.97. The normalized spacial score (nSPS) is 20.1. The maximum Gasteiger partial charge on any atom is 0.124 e. The Hall–Kier alpha value is -1.21. The molecule has 0 aromatic heterocycles. The van der Waals surface area contributed by atoms with Crippen LogP contribution in [0.25, 0.3) is 0 Å². The molecule has 0 radical (unpaired) electrons. The predicted octanol–water partition coefficient (Wildman–Crippen LogP) is 3.66. The van der Waals surface area contributed by atoms with Crippen LogP contribution in [0, 0.1) is 5.82 Å². The summed E-state index contributed by atoms with van der Waals surface area (Å²) in [5.41, 5.74) is 2.50. The number of fused-ring (bicyclic) bond motifs is 2. The van der Waals surface area contributed by atoms with Crippen LogP contribution in [0.1, 0.15) is 11.1 Å². The Morgan fingerprint density at radius 3 is 2.84 bits per heavy atom. The molecule has 2 aromatic carbocycles. The van der Waals surface area contributed by atoms with E-state index in [0.717, 1.165) is 47.3 Å². The van der Waals surface area contributed by atoms with E-state index in [9.17, 15) is 4.39 Å². The van der Waals surface area contributed by atoms with Gasteiger partial charge in [-0.15, -0.1) is 23.5 Å². The number of rotatable bonds is 3. The second kappa shape index (κ2) is 7.99. The Balaban J connectivity index is 1.37. The highest BCUT2D eigenvalue weighted by atomic mass is 32.2. The lowest BCUT2D eigenvalue weighted by Crippen LogP contribution is -2.35. The highest BCUT2D eigenvalue weighted by Crippen LogP contribution is 2.30. The Labute approximate surface area is 156 Å². The van der Waals surface area contributed by atoms with Crippen molar-refractivity contribution >= 4 is 23.5 Å². The van der Waals surface area contributed by atoms with Gasteiger partial charge in [0.15, 0.2) is 0 Å². The molecule has 2 heterocycles. The quantitative estimate of drug-likeness (QED) is 0.854. The Morgan fingerprint density at radius 2 is 1.88 bits per heavy atom. The molecule has 2 aromatic rings. The monoisotopic (exact) mass is 376 g/mol. The van der Waals surface area contributed by atoms with Crippen molar-refractivity contribution in [2.75, 3.05) is 24.7 Å². The van der Waals surface area contributed by atoms with Crippen LogP contribution in [-0.2, 0) is 13.1 Å². The third-order valence-corrected chi connectivity index (χ3v) is 6.75. The van der Waals surface area contributed by atoms with Crippen molar-refractivity contribution in [2.24, 2.45) is 0 Å². The topological polar surface area (TPSA) is 33.3 Å². The molecule has 0 amide bonds. The van der Waals surface area contributed by atoms with Crippen molar-refractivity contribution in [1.82, 2.24) is 10.6 Å². The van der Waals surface area contributed by atoms with Gasteiger partial charge in [-0.25, -0.2) is 4.39 Å². The molecule has 0 bridgehead atoms. The van der Waals surface area contributed by atoms with E-state index in [4.69, 9.17) is 4.74 Å². The molecule has 2 N–H and O–H groups in total. The van der Waals surface area contributed by atoms with Crippen molar-refractivity contribution in [2.45, 2.75) is 28.9 Å². The predicted molar refractivity (Wildman–Crippen MR) is 102 cm³/mol. The second-order valence-corrected chi connectivity index (χ2v) is 8.45. The lowest BCUT2D eigenvalue weighted by atomic mass is 10.2. The maximum absolute atomic E-state index is 13.4. The van der Waals surface area contributed by atoms with Gasteiger partial charge in [0.25, 0.3) is 0 Å². The van der Waals surface area contributed by atoms with E-state index >= 15 is 0 Å². The lowest BCUT2D eigenvalue weighted by molar-refractivity contribution is 0.274. The molecule has 2 aliphatic rings. The van der Waals surface area contributed by atoms with E-state index in [1.165, 1.54) is 16.5 Å². The number of benzene rings is 2. The van der Waals surface area contributed by atoms with Crippen LogP contribution >= 0.6 is 23.5 Å². The van der Waals surface area contributed by atoms with Crippen LogP contribution in [-0.4, -0.2) is 30.7 Å². The molecule has 2 aliphatic heterocycles. The van der Waals surface area contributed by atoms with Crippen molar-refractivity contribution in [1.29, 1.82) is 0 Å². The van der Waals surface area contributed by atoms with Gasteiger partial charge in [-0.05, 0) is 35.4 Å². The minimum atomic E-state index is -0.169. The minimum absolute atomic E-state index is 0.169. The van der Waals surface area contributed by atoms with Crippen LogP contribution in [0.2, 0.25) is 0 Å². The molecule has 0 aliphatic carbocycles. The van der Waals surface area contributed by atoms with Gasteiger partial charge in [-0.3, -0.25) is 0 Å². The molecule has 0 saturated carbocycles. The van der Waals surface area contributed by atoms with Crippen LogP contribution in [0.4, 0.5) is 4.39 Å². The first-order valence-corrected chi connectivity index (χ1v) is 10.5. The zero-order chi connectivity index (χ0) is 17.1. The maximum atomic E-state index is 13.4. The van der Waals surface area contributed by atoms with E-state index < -0.39 is 0 Å². The third-order valence-electron chi connectivity index (χ3n) is 4.39. The summed E-state index contributed by atoms with van der Waals surface area (Å²) >= 11 is 3.58. The zero-order valence-electron chi connectivity index (χ0n) is 13.9. The fourth-order valence-corrected chi connectivity index (χ4v) is 5.09. The van der Waals surface area contributed by atoms with E-state index in [0.29, 0.717) is 6.61 Å². The Kier molecular flexibility index (Phi) is 5.51. The van der Waals surface area contributed by atoms with Crippen LogP contribution < -0.4 is 15.4 Å². The minimum Gasteiger partial charge on any atom is -0.492 e. The van der Waals surface area contributed by atoms with E-state index in [1.54, 1.807) is 17.8 Å². The summed E-state index contributed by atoms with van der Waals surface area (Å²) < 4.78 is 19.4. The summed E-state index contributed by atoms with van der Waals surface area (Å²) in [6.45, 7) is 3.34. The van der Waals surface area contributed by atoms with Gasteiger partial charge >= 0.3 is 0 Å². The van der Waals surface area contributed by atoms with Crippen LogP contribution in [0.3, 0.4) is 0 Å². The number of hydrogen-bond acceptors (Lipinski definition) is 5. The molecule has 132 valence electrons. The molecule has 4 rings (SSSR count). The standard InChI is InChI=1S/C19H21FN2OS2/c20-15-3-1-14-10-22-16(12-25-18(14)7-15)11-23-17-4-2-13-9-21-5-6-24-19(13)8-17/h1-4,7-8,16,21-22H,5-6,9-12H2. The van der Waals surface area contributed by atoms with Gasteiger partial charge in [-0.1, -0.05) is 12.1 Å². The van der Waals surface area contributed by atoms with Gasteiger partial charge < -0.3 is 15.4 Å². The van der Waals surface area contributed by atoms with Crippen molar-refractivity contribution in [3.05, 3.63) is 53.3 Å². The number of ether oxygens (including phenoxy) is 1. The Bertz CT molecular complexity index is 756. The van der Waals surface area contributed by atoms with Gasteiger partial charge in [0.05, 0.1) is 6.04 Å². The van der Waals surface area contributed by atoms with E-state index in [2.05, 4.69) is 28.8 Å². The lowest BCUT2D eigenvalue weighted by Gasteiger charge is -2.17. The molecule has 1 unspecified atom stereocenters. The SMILES string of the molecule is Fc1ccc2c(c1)SCC(COc1ccc3c(c1)SCCNC3)NC2. The van der Waals surface area contributed by atoms with Crippen molar-refractivity contribution < 1.29 is 9.13 Å². The molecule has 1 atom stereocenters. The fourth-order valence-electron chi connectivity index (χ4n) is 2.98. The van der Waals surface area contributed by atoms with Crippen LogP contribution in [0.15, 0.2) is 46.2 Å². The average molecular weight is 377 g/mol. The smallest absolute Gasteiger partial charge is 0.124 e. The molecular formula is C19H21FN2OS2. The molecule has 0 fully saturated rings. The molecule has 0 spiro atoms. The summed E-state index contributed by atoms with van der Waals surface area (Å²) in [6.07, 6.45) is 0. The largest absolute Gasteiger partial charge is 0.492 e. The van der Waals surface area contributed by atoms with E-state index in [-0.39, 0.29) is 11.9 Å². The first-order valence-electron chi connectivity index (χ1n) is 8.52. The van der Waals surface area contributed by atoms with Crippen LogP contribution in [0.5, 0.6) is 5.75 Å². The molecule has 0 saturated heterocycles. The van der Waals surface area contributed by atoms with Crippen molar-refractivity contribution in [3.8, 4) is 5.75 Å². The summed E-state index contributed by atoms with van der Waals surface area (Å²) in [4.78, 5) is 2.34. The molecule has 25 heavy (non-hydrogen) atoms. The van der Waals surface area contributed by atoms with Gasteiger partial charge in [0, 0.05) is 40.9 Å².